The van der Waals surface area contributed by atoms with E-state index < -0.39 is 0 Å². The van der Waals surface area contributed by atoms with E-state index in [-0.39, 0.29) is 5.97 Å². The number of rotatable bonds is 2. The van der Waals surface area contributed by atoms with Crippen molar-refractivity contribution in [1.82, 2.24) is 0 Å². The second-order valence-electron chi connectivity index (χ2n) is 3.22. The molecule has 0 aromatic rings. The van der Waals surface area contributed by atoms with Crippen molar-refractivity contribution in [3.63, 3.8) is 0 Å². The van der Waals surface area contributed by atoms with Crippen molar-refractivity contribution in [2.45, 2.75) is 26.2 Å². The Morgan fingerprint density at radius 2 is 2.42 bits per heavy atom. The first-order valence-electron chi connectivity index (χ1n) is 4.40. The topological polar surface area (TPSA) is 26.3 Å². The molecule has 0 radical (unpaired) electrons. The van der Waals surface area contributed by atoms with E-state index >= 15 is 0 Å². The number of hydrogen-bond donors (Lipinski definition) is 0. The van der Waals surface area contributed by atoms with Crippen molar-refractivity contribution in [1.29, 1.82) is 0 Å². The minimum Gasteiger partial charge on any atom is -0.462 e. The normalized spacial score (nSPS) is 19.9. The van der Waals surface area contributed by atoms with Crippen LogP contribution in [0.1, 0.15) is 26.2 Å². The summed E-state index contributed by atoms with van der Waals surface area (Å²) < 4.78 is 4.94. The summed E-state index contributed by atoms with van der Waals surface area (Å²) >= 11 is 0. The Balaban J connectivity index is 2.15. The molecule has 0 saturated heterocycles. The molecule has 2 nitrogen and oxygen atoms in total. The molecule has 2 heteroatoms. The van der Waals surface area contributed by atoms with Crippen molar-refractivity contribution < 1.29 is 9.53 Å². The maximum absolute atomic E-state index is 11.3. The van der Waals surface area contributed by atoms with Crippen LogP contribution in [-0.4, -0.2) is 12.6 Å². The van der Waals surface area contributed by atoms with Gasteiger partial charge in [0.05, 0.1) is 12.2 Å². The number of allylic oxidation sites excluding steroid dienone is 2. The van der Waals surface area contributed by atoms with Crippen LogP contribution >= 0.6 is 0 Å². The lowest BCUT2D eigenvalue weighted by Crippen LogP contribution is -2.07. The minimum atomic E-state index is -0.137. The van der Waals surface area contributed by atoms with E-state index in [4.69, 9.17) is 4.74 Å². The Hall–Kier alpha value is -1.05. The third kappa shape index (κ3) is 1.07. The first kappa shape index (κ1) is 7.59. The molecule has 0 aromatic carbocycles. The lowest BCUT2D eigenvalue weighted by atomic mass is 10.1. The zero-order chi connectivity index (χ0) is 8.55. The highest BCUT2D eigenvalue weighted by Crippen LogP contribution is 2.39. The molecule has 2 aliphatic carbocycles. The van der Waals surface area contributed by atoms with Crippen LogP contribution < -0.4 is 0 Å². The van der Waals surface area contributed by atoms with Crippen LogP contribution in [0, 0.1) is 0 Å². The zero-order valence-corrected chi connectivity index (χ0v) is 7.22. The van der Waals surface area contributed by atoms with E-state index in [0.29, 0.717) is 6.61 Å². The van der Waals surface area contributed by atoms with E-state index in [1.165, 1.54) is 11.1 Å². The van der Waals surface area contributed by atoms with Crippen LogP contribution in [0.25, 0.3) is 0 Å². The van der Waals surface area contributed by atoms with Crippen molar-refractivity contribution in [3.05, 3.63) is 22.8 Å². The predicted molar refractivity (Wildman–Crippen MR) is 45.6 cm³/mol. The summed E-state index contributed by atoms with van der Waals surface area (Å²) in [5.41, 5.74) is 3.51. The van der Waals surface area contributed by atoms with Crippen molar-refractivity contribution in [3.8, 4) is 0 Å². The Bertz CT molecular complexity index is 284. The fourth-order valence-electron chi connectivity index (χ4n) is 1.83. The van der Waals surface area contributed by atoms with Crippen LogP contribution in [-0.2, 0) is 9.53 Å². The van der Waals surface area contributed by atoms with Gasteiger partial charge in [-0.1, -0.05) is 11.1 Å². The largest absolute Gasteiger partial charge is 0.462 e. The van der Waals surface area contributed by atoms with E-state index in [1.807, 2.05) is 13.0 Å². The van der Waals surface area contributed by atoms with E-state index in [2.05, 4.69) is 0 Å². The van der Waals surface area contributed by atoms with E-state index in [0.717, 1.165) is 24.8 Å². The van der Waals surface area contributed by atoms with Gasteiger partial charge in [0, 0.05) is 0 Å². The molecule has 0 heterocycles. The highest BCUT2D eigenvalue weighted by Gasteiger charge is 2.26. The average molecular weight is 164 g/mol. The molecule has 1 saturated carbocycles. The van der Waals surface area contributed by atoms with Crippen LogP contribution in [0.4, 0.5) is 0 Å². The molecule has 0 spiro atoms. The Morgan fingerprint density at radius 3 is 2.92 bits per heavy atom. The SMILES string of the molecule is CCOC(=O)C1=C2CCC(=C1)C2. The Kier molecular flexibility index (Phi) is 1.75. The second-order valence-corrected chi connectivity index (χ2v) is 3.22. The quantitative estimate of drug-likeness (QED) is 0.583. The maximum atomic E-state index is 11.3. The van der Waals surface area contributed by atoms with E-state index in [1.54, 1.807) is 0 Å². The van der Waals surface area contributed by atoms with Crippen LogP contribution in [0.2, 0.25) is 0 Å². The zero-order valence-electron chi connectivity index (χ0n) is 7.22. The molecular formula is C10H12O2. The van der Waals surface area contributed by atoms with Gasteiger partial charge in [0.25, 0.3) is 0 Å². The highest BCUT2D eigenvalue weighted by atomic mass is 16.5. The summed E-state index contributed by atoms with van der Waals surface area (Å²) in [5.74, 6) is -0.137. The van der Waals surface area contributed by atoms with Gasteiger partial charge in [0.2, 0.25) is 0 Å². The summed E-state index contributed by atoms with van der Waals surface area (Å²) in [6.45, 7) is 2.31. The summed E-state index contributed by atoms with van der Waals surface area (Å²) in [5, 5.41) is 0. The van der Waals surface area contributed by atoms with Gasteiger partial charge in [0.15, 0.2) is 0 Å². The van der Waals surface area contributed by atoms with Crippen molar-refractivity contribution >= 4 is 5.97 Å². The van der Waals surface area contributed by atoms with Crippen LogP contribution in [0.3, 0.4) is 0 Å². The molecule has 2 rings (SSSR count). The molecule has 0 unspecified atom stereocenters. The average Bonchev–Trinajstić information content (AvgIpc) is 2.64. The smallest absolute Gasteiger partial charge is 0.338 e. The molecule has 0 aromatic heterocycles. The molecule has 2 aliphatic rings. The van der Waals surface area contributed by atoms with Gasteiger partial charge in [-0.15, -0.1) is 0 Å². The Morgan fingerprint density at radius 1 is 1.58 bits per heavy atom. The van der Waals surface area contributed by atoms with Crippen molar-refractivity contribution in [2.75, 3.05) is 6.61 Å². The molecule has 64 valence electrons. The van der Waals surface area contributed by atoms with E-state index in [9.17, 15) is 4.79 Å². The van der Waals surface area contributed by atoms with Gasteiger partial charge in [0.1, 0.15) is 0 Å². The lowest BCUT2D eigenvalue weighted by molar-refractivity contribution is -0.138. The number of carbonyl (C=O) groups excluding carboxylic acids is 1. The fraction of sp³-hybridized carbons (Fsp3) is 0.500. The molecular weight excluding hydrogens is 152 g/mol. The second kappa shape index (κ2) is 2.77. The van der Waals surface area contributed by atoms with Crippen LogP contribution in [0.15, 0.2) is 22.8 Å². The molecule has 2 bridgehead atoms. The number of hydrogen-bond acceptors (Lipinski definition) is 2. The summed E-state index contributed by atoms with van der Waals surface area (Å²) in [7, 11) is 0. The Labute approximate surface area is 71.9 Å². The summed E-state index contributed by atoms with van der Waals surface area (Å²) in [6, 6.07) is 0. The van der Waals surface area contributed by atoms with Crippen LogP contribution in [0.5, 0.6) is 0 Å². The third-order valence-electron chi connectivity index (χ3n) is 2.41. The van der Waals surface area contributed by atoms with Gasteiger partial charge in [-0.25, -0.2) is 4.79 Å². The first-order chi connectivity index (χ1) is 5.81. The molecule has 0 N–H and O–H groups in total. The molecule has 0 amide bonds. The van der Waals surface area contributed by atoms with Gasteiger partial charge in [-0.05, 0) is 32.3 Å². The number of ether oxygens (including phenoxy) is 1. The monoisotopic (exact) mass is 164 g/mol. The third-order valence-corrected chi connectivity index (χ3v) is 2.41. The number of esters is 1. The standard InChI is InChI=1S/C10H12O2/c1-2-12-10(11)9-6-7-3-4-8(9)5-7/h6H,2-5H2,1H3. The van der Waals surface area contributed by atoms with Gasteiger partial charge >= 0.3 is 5.97 Å². The summed E-state index contributed by atoms with van der Waals surface area (Å²) in [4.78, 5) is 11.3. The predicted octanol–water partition coefficient (Wildman–Crippen LogP) is 1.97. The number of carbonyl (C=O) groups is 1. The fourth-order valence-corrected chi connectivity index (χ4v) is 1.83. The van der Waals surface area contributed by atoms with Gasteiger partial charge in [-0.3, -0.25) is 0 Å². The number of fused-ring (bicyclic) bond motifs is 2. The van der Waals surface area contributed by atoms with Gasteiger partial charge < -0.3 is 4.74 Å². The van der Waals surface area contributed by atoms with Gasteiger partial charge in [-0.2, -0.15) is 0 Å². The molecule has 12 heavy (non-hydrogen) atoms. The molecule has 1 fully saturated rings. The highest BCUT2D eigenvalue weighted by molar-refractivity contribution is 5.94. The van der Waals surface area contributed by atoms with Crippen molar-refractivity contribution in [2.24, 2.45) is 0 Å². The lowest BCUT2D eigenvalue weighted by Gasteiger charge is -2.04. The maximum Gasteiger partial charge on any atom is 0.338 e. The molecule has 0 atom stereocenters. The minimum absolute atomic E-state index is 0.137. The molecule has 0 aliphatic heterocycles. The summed E-state index contributed by atoms with van der Waals surface area (Å²) in [6.07, 6.45) is 5.24. The first-order valence-corrected chi connectivity index (χ1v) is 4.40.